The van der Waals surface area contributed by atoms with E-state index in [0.29, 0.717) is 6.42 Å². The van der Waals surface area contributed by atoms with Crippen molar-refractivity contribution in [1.29, 1.82) is 0 Å². The van der Waals surface area contributed by atoms with E-state index in [9.17, 15) is 14.4 Å². The summed E-state index contributed by atoms with van der Waals surface area (Å²) in [5, 5.41) is 2.13. The lowest BCUT2D eigenvalue weighted by Gasteiger charge is -2.27. The van der Waals surface area contributed by atoms with Gasteiger partial charge in [0, 0.05) is 0 Å². The minimum Gasteiger partial charge on any atom is -0.323 e. The molecule has 3 amide bonds. The lowest BCUT2D eigenvalue weighted by Crippen LogP contribution is -2.56. The maximum absolute atomic E-state index is 11.8. The molecule has 1 aliphatic rings. The number of nitrogens with zero attached hydrogens (tertiary/aromatic N) is 1. The van der Waals surface area contributed by atoms with E-state index in [1.807, 2.05) is 6.26 Å². The van der Waals surface area contributed by atoms with Crippen LogP contribution < -0.4 is 11.1 Å². The predicted molar refractivity (Wildman–Crippen MR) is 60.7 cm³/mol. The SMILES string of the molecule is CSCC[C@@H](N)C(=O)N1CC(=O)NC(=O)C1. The largest absolute Gasteiger partial charge is 0.323 e. The van der Waals surface area contributed by atoms with E-state index >= 15 is 0 Å². The summed E-state index contributed by atoms with van der Waals surface area (Å²) in [5.74, 6) is -0.471. The van der Waals surface area contributed by atoms with Crippen LogP contribution in [0.1, 0.15) is 6.42 Å². The van der Waals surface area contributed by atoms with Gasteiger partial charge in [-0.1, -0.05) is 0 Å². The third kappa shape index (κ3) is 3.49. The molecule has 90 valence electrons. The van der Waals surface area contributed by atoms with Gasteiger partial charge in [-0.2, -0.15) is 11.8 Å². The van der Waals surface area contributed by atoms with E-state index in [-0.39, 0.29) is 19.0 Å². The van der Waals surface area contributed by atoms with Crippen molar-refractivity contribution >= 4 is 29.5 Å². The first-order chi connectivity index (χ1) is 7.54. The van der Waals surface area contributed by atoms with Crippen LogP contribution in [0.15, 0.2) is 0 Å². The van der Waals surface area contributed by atoms with E-state index < -0.39 is 17.9 Å². The molecule has 0 saturated carbocycles. The molecule has 16 heavy (non-hydrogen) atoms. The van der Waals surface area contributed by atoms with Crippen molar-refractivity contribution in [2.75, 3.05) is 25.1 Å². The van der Waals surface area contributed by atoms with E-state index in [1.165, 1.54) is 4.90 Å². The van der Waals surface area contributed by atoms with E-state index in [4.69, 9.17) is 5.73 Å². The molecule has 0 aromatic rings. The Hall–Kier alpha value is -1.08. The maximum Gasteiger partial charge on any atom is 0.246 e. The first kappa shape index (κ1) is 13.0. The Labute approximate surface area is 97.9 Å². The van der Waals surface area contributed by atoms with Gasteiger partial charge in [-0.15, -0.1) is 0 Å². The number of carbonyl (C=O) groups excluding carboxylic acids is 3. The zero-order valence-corrected chi connectivity index (χ0v) is 9.88. The van der Waals surface area contributed by atoms with E-state index in [2.05, 4.69) is 5.32 Å². The van der Waals surface area contributed by atoms with Gasteiger partial charge in [0.05, 0.1) is 6.04 Å². The van der Waals surface area contributed by atoms with Crippen LogP contribution in [0.25, 0.3) is 0 Å². The highest BCUT2D eigenvalue weighted by Crippen LogP contribution is 2.04. The number of thioether (sulfide) groups is 1. The Morgan fingerprint density at radius 3 is 2.56 bits per heavy atom. The second-order valence-electron chi connectivity index (χ2n) is 3.55. The molecule has 1 fully saturated rings. The Bertz CT molecular complexity index is 292. The van der Waals surface area contributed by atoms with Crippen LogP contribution in [0.5, 0.6) is 0 Å². The third-order valence-corrected chi connectivity index (χ3v) is 2.85. The highest BCUT2D eigenvalue weighted by atomic mass is 32.2. The van der Waals surface area contributed by atoms with E-state index in [0.717, 1.165) is 5.75 Å². The van der Waals surface area contributed by atoms with Gasteiger partial charge in [0.25, 0.3) is 0 Å². The average Bonchev–Trinajstić information content (AvgIpc) is 2.23. The number of nitrogens with one attached hydrogen (secondary N) is 1. The van der Waals surface area contributed by atoms with Gasteiger partial charge in [-0.3, -0.25) is 19.7 Å². The summed E-state index contributed by atoms with van der Waals surface area (Å²) in [6, 6.07) is -0.633. The summed E-state index contributed by atoms with van der Waals surface area (Å²) in [6.45, 7) is -0.172. The molecule has 7 heteroatoms. The number of rotatable bonds is 4. The molecule has 0 unspecified atom stereocenters. The molecule has 1 atom stereocenters. The normalized spacial score (nSPS) is 18.2. The van der Waals surface area contributed by atoms with E-state index in [1.54, 1.807) is 11.8 Å². The fraction of sp³-hybridized carbons (Fsp3) is 0.667. The fourth-order valence-electron chi connectivity index (χ4n) is 1.40. The van der Waals surface area contributed by atoms with Gasteiger partial charge < -0.3 is 10.6 Å². The zero-order chi connectivity index (χ0) is 12.1. The molecule has 1 aliphatic heterocycles. The molecule has 0 spiro atoms. The Morgan fingerprint density at radius 1 is 1.50 bits per heavy atom. The van der Waals surface area contributed by atoms with Crippen molar-refractivity contribution in [1.82, 2.24) is 10.2 Å². The molecular weight excluding hydrogens is 230 g/mol. The lowest BCUT2D eigenvalue weighted by atomic mass is 10.2. The number of carbonyl (C=O) groups is 3. The number of hydrogen-bond donors (Lipinski definition) is 2. The Kier molecular flexibility index (Phi) is 4.75. The minimum absolute atomic E-state index is 0.0858. The van der Waals surface area contributed by atoms with Gasteiger partial charge >= 0.3 is 0 Å². The van der Waals surface area contributed by atoms with Crippen LogP contribution in [0, 0.1) is 0 Å². The summed E-state index contributed by atoms with van der Waals surface area (Å²) in [6.07, 6.45) is 2.47. The van der Waals surface area contributed by atoms with Crippen LogP contribution in [0.3, 0.4) is 0 Å². The molecule has 0 aliphatic carbocycles. The monoisotopic (exact) mass is 245 g/mol. The van der Waals surface area contributed by atoms with Crippen molar-refractivity contribution in [2.45, 2.75) is 12.5 Å². The lowest BCUT2D eigenvalue weighted by molar-refractivity contribution is -0.146. The van der Waals surface area contributed by atoms with Gasteiger partial charge in [-0.25, -0.2) is 0 Å². The highest BCUT2D eigenvalue weighted by molar-refractivity contribution is 7.98. The fourth-order valence-corrected chi connectivity index (χ4v) is 1.89. The van der Waals surface area contributed by atoms with Crippen LogP contribution in [-0.4, -0.2) is 53.8 Å². The molecule has 0 radical (unpaired) electrons. The van der Waals surface area contributed by atoms with Crippen molar-refractivity contribution in [2.24, 2.45) is 5.73 Å². The van der Waals surface area contributed by atoms with Gasteiger partial charge in [0.15, 0.2) is 0 Å². The molecule has 0 aromatic carbocycles. The molecule has 0 bridgehead atoms. The van der Waals surface area contributed by atoms with Crippen LogP contribution in [0.2, 0.25) is 0 Å². The summed E-state index contributed by atoms with van der Waals surface area (Å²) < 4.78 is 0. The van der Waals surface area contributed by atoms with Crippen molar-refractivity contribution in [3.05, 3.63) is 0 Å². The molecule has 0 aromatic heterocycles. The summed E-state index contributed by atoms with van der Waals surface area (Å²) in [5.41, 5.74) is 5.68. The molecule has 6 nitrogen and oxygen atoms in total. The summed E-state index contributed by atoms with van der Waals surface area (Å²) >= 11 is 1.60. The predicted octanol–water partition coefficient (Wildman–Crippen LogP) is -1.45. The molecule has 1 heterocycles. The topological polar surface area (TPSA) is 92.5 Å². The minimum atomic E-state index is -0.633. The third-order valence-electron chi connectivity index (χ3n) is 2.21. The van der Waals surface area contributed by atoms with Crippen molar-refractivity contribution in [3.63, 3.8) is 0 Å². The van der Waals surface area contributed by atoms with Crippen molar-refractivity contribution in [3.8, 4) is 0 Å². The number of nitrogens with two attached hydrogens (primary N) is 1. The van der Waals surface area contributed by atoms with Gasteiger partial charge in [-0.05, 0) is 18.4 Å². The number of amides is 3. The average molecular weight is 245 g/mol. The zero-order valence-electron chi connectivity index (χ0n) is 9.06. The number of piperazine rings is 1. The van der Waals surface area contributed by atoms with Crippen LogP contribution >= 0.6 is 11.8 Å². The first-order valence-electron chi connectivity index (χ1n) is 4.90. The van der Waals surface area contributed by atoms with Crippen LogP contribution in [-0.2, 0) is 14.4 Å². The smallest absolute Gasteiger partial charge is 0.246 e. The van der Waals surface area contributed by atoms with Crippen LogP contribution in [0.4, 0.5) is 0 Å². The maximum atomic E-state index is 11.8. The Balaban J connectivity index is 2.52. The molecule has 1 rings (SSSR count). The summed E-state index contributed by atoms with van der Waals surface area (Å²) in [4.78, 5) is 35.1. The van der Waals surface area contributed by atoms with Gasteiger partial charge in [0.1, 0.15) is 13.1 Å². The first-order valence-corrected chi connectivity index (χ1v) is 6.30. The Morgan fingerprint density at radius 2 is 2.06 bits per heavy atom. The molecule has 1 saturated heterocycles. The number of imide groups is 1. The standard InChI is InChI=1S/C9H15N3O3S/c1-16-3-2-6(10)9(15)12-4-7(13)11-8(14)5-12/h6H,2-5,10H2,1H3,(H,11,13,14)/t6-/m1/s1. The molecule has 3 N–H and O–H groups in total. The second-order valence-corrected chi connectivity index (χ2v) is 4.54. The highest BCUT2D eigenvalue weighted by Gasteiger charge is 2.29. The number of hydrogen-bond acceptors (Lipinski definition) is 5. The van der Waals surface area contributed by atoms with Crippen molar-refractivity contribution < 1.29 is 14.4 Å². The van der Waals surface area contributed by atoms with Gasteiger partial charge in [0.2, 0.25) is 17.7 Å². The quantitative estimate of drug-likeness (QED) is 0.591. The summed E-state index contributed by atoms with van der Waals surface area (Å²) in [7, 11) is 0. The molecular formula is C9H15N3O3S. The second kappa shape index (κ2) is 5.86.